The minimum Gasteiger partial charge on any atom is -0.391 e. The molecule has 2 rings (SSSR count). The zero-order valence-corrected chi connectivity index (χ0v) is 7.59. The Morgan fingerprint density at radius 1 is 1.64 bits per heavy atom. The topological polar surface area (TPSA) is 73.0 Å². The molecule has 1 saturated heterocycles. The Labute approximate surface area is 81.6 Å². The van der Waals surface area contributed by atoms with E-state index in [-0.39, 0.29) is 6.10 Å². The van der Waals surface area contributed by atoms with Gasteiger partial charge in [0.05, 0.1) is 17.9 Å². The lowest BCUT2D eigenvalue weighted by Gasteiger charge is -2.16. The number of aliphatic hydroxyl groups is 1. The van der Waals surface area contributed by atoms with Gasteiger partial charge in [-0.2, -0.15) is 10.4 Å². The molecule has 0 bridgehead atoms. The van der Waals surface area contributed by atoms with Gasteiger partial charge < -0.3 is 10.0 Å². The maximum absolute atomic E-state index is 9.35. The molecule has 1 atom stereocenters. The molecule has 72 valence electrons. The molecule has 1 aliphatic heterocycles. The largest absolute Gasteiger partial charge is 0.391 e. The molecule has 1 aromatic heterocycles. The smallest absolute Gasteiger partial charge is 0.169 e. The van der Waals surface area contributed by atoms with E-state index in [0.717, 1.165) is 13.0 Å². The van der Waals surface area contributed by atoms with Crippen molar-refractivity contribution in [3.63, 3.8) is 0 Å². The van der Waals surface area contributed by atoms with Gasteiger partial charge in [-0.3, -0.25) is 0 Å². The molecular formula is C9H10N4O. The number of hydrogen-bond donors (Lipinski definition) is 1. The second-order valence-corrected chi connectivity index (χ2v) is 3.27. The second kappa shape index (κ2) is 3.60. The first kappa shape index (κ1) is 8.91. The maximum atomic E-state index is 9.35. The van der Waals surface area contributed by atoms with E-state index in [1.165, 1.54) is 6.20 Å². The van der Waals surface area contributed by atoms with Gasteiger partial charge in [0.2, 0.25) is 0 Å². The van der Waals surface area contributed by atoms with E-state index in [0.29, 0.717) is 17.9 Å². The highest BCUT2D eigenvalue weighted by Crippen LogP contribution is 2.20. The Kier molecular flexibility index (Phi) is 2.29. The Morgan fingerprint density at radius 3 is 3.14 bits per heavy atom. The molecule has 5 heteroatoms. The zero-order valence-electron chi connectivity index (χ0n) is 7.59. The minimum atomic E-state index is -0.316. The van der Waals surface area contributed by atoms with Crippen LogP contribution >= 0.6 is 0 Å². The number of aromatic nitrogens is 2. The summed E-state index contributed by atoms with van der Waals surface area (Å²) in [6, 6.07) is 3.69. The number of β-amino-alcohol motifs (C(OH)–C–C–N with tert-alkyl or cyclic N) is 1. The predicted octanol–water partition coefficient (Wildman–Crippen LogP) is -0.0807. The molecule has 1 aromatic rings. The Balaban J connectivity index is 2.28. The van der Waals surface area contributed by atoms with Gasteiger partial charge in [-0.1, -0.05) is 0 Å². The molecule has 0 radical (unpaired) electrons. The molecule has 0 amide bonds. The van der Waals surface area contributed by atoms with E-state index in [1.807, 2.05) is 4.90 Å². The van der Waals surface area contributed by atoms with Gasteiger partial charge >= 0.3 is 0 Å². The molecule has 0 aliphatic carbocycles. The maximum Gasteiger partial charge on any atom is 0.169 e. The van der Waals surface area contributed by atoms with Gasteiger partial charge in [0, 0.05) is 13.1 Å². The highest BCUT2D eigenvalue weighted by atomic mass is 16.3. The van der Waals surface area contributed by atoms with Crippen molar-refractivity contribution in [3.8, 4) is 6.07 Å². The third-order valence-corrected chi connectivity index (χ3v) is 2.28. The molecular weight excluding hydrogens is 180 g/mol. The van der Waals surface area contributed by atoms with E-state index in [4.69, 9.17) is 5.26 Å². The zero-order chi connectivity index (χ0) is 9.97. The summed E-state index contributed by atoms with van der Waals surface area (Å²) in [7, 11) is 0. The van der Waals surface area contributed by atoms with Gasteiger partial charge in [0.25, 0.3) is 0 Å². The third-order valence-electron chi connectivity index (χ3n) is 2.28. The number of anilines is 1. The number of aliphatic hydroxyl groups excluding tert-OH is 1. The van der Waals surface area contributed by atoms with Gasteiger partial charge in [0.1, 0.15) is 6.07 Å². The van der Waals surface area contributed by atoms with Crippen LogP contribution < -0.4 is 4.90 Å². The number of nitriles is 1. The molecule has 0 spiro atoms. The second-order valence-electron chi connectivity index (χ2n) is 3.27. The normalized spacial score (nSPS) is 20.9. The van der Waals surface area contributed by atoms with Crippen LogP contribution in [-0.4, -0.2) is 34.5 Å². The molecule has 1 aliphatic rings. The van der Waals surface area contributed by atoms with Crippen LogP contribution in [0.3, 0.4) is 0 Å². The van der Waals surface area contributed by atoms with Crippen molar-refractivity contribution in [1.82, 2.24) is 10.2 Å². The van der Waals surface area contributed by atoms with Gasteiger partial charge in [0.15, 0.2) is 5.82 Å². The SMILES string of the molecule is N#Cc1ccnnc1N1CC[C@@H](O)C1. The number of rotatable bonds is 1. The quantitative estimate of drug-likeness (QED) is 0.670. The lowest BCUT2D eigenvalue weighted by atomic mass is 10.3. The predicted molar refractivity (Wildman–Crippen MR) is 49.6 cm³/mol. The van der Waals surface area contributed by atoms with Crippen molar-refractivity contribution in [2.45, 2.75) is 12.5 Å². The monoisotopic (exact) mass is 190 g/mol. The van der Waals surface area contributed by atoms with Crippen LogP contribution in [0.4, 0.5) is 5.82 Å². The molecule has 0 aromatic carbocycles. The lowest BCUT2D eigenvalue weighted by molar-refractivity contribution is 0.198. The third kappa shape index (κ3) is 1.52. The summed E-state index contributed by atoms with van der Waals surface area (Å²) in [4.78, 5) is 1.89. The molecule has 1 N–H and O–H groups in total. The summed E-state index contributed by atoms with van der Waals surface area (Å²) in [5.74, 6) is 0.576. The minimum absolute atomic E-state index is 0.316. The van der Waals surface area contributed by atoms with E-state index in [2.05, 4.69) is 16.3 Å². The van der Waals surface area contributed by atoms with Gasteiger partial charge in [-0.25, -0.2) is 0 Å². The van der Waals surface area contributed by atoms with Crippen molar-refractivity contribution in [2.24, 2.45) is 0 Å². The Bertz CT molecular complexity index is 373. The summed E-state index contributed by atoms with van der Waals surface area (Å²) in [5.41, 5.74) is 0.508. The van der Waals surface area contributed by atoms with Crippen LogP contribution in [-0.2, 0) is 0 Å². The first-order valence-corrected chi connectivity index (χ1v) is 4.46. The van der Waals surface area contributed by atoms with Crippen molar-refractivity contribution in [3.05, 3.63) is 17.8 Å². The Hall–Kier alpha value is -1.67. The summed E-state index contributed by atoms with van der Waals surface area (Å²) >= 11 is 0. The van der Waals surface area contributed by atoms with Crippen LogP contribution in [0.15, 0.2) is 12.3 Å². The number of nitrogens with zero attached hydrogens (tertiary/aromatic N) is 4. The van der Waals surface area contributed by atoms with Crippen molar-refractivity contribution in [2.75, 3.05) is 18.0 Å². The Morgan fingerprint density at radius 2 is 2.50 bits per heavy atom. The standard InChI is InChI=1S/C9H10N4O/c10-5-7-1-3-11-12-9(7)13-4-2-8(14)6-13/h1,3,8,14H,2,4,6H2/t8-/m1/s1. The number of hydrogen-bond acceptors (Lipinski definition) is 5. The fraction of sp³-hybridized carbons (Fsp3) is 0.444. The van der Waals surface area contributed by atoms with Gasteiger partial charge in [-0.05, 0) is 12.5 Å². The van der Waals surface area contributed by atoms with E-state index >= 15 is 0 Å². The first-order chi connectivity index (χ1) is 6.81. The van der Waals surface area contributed by atoms with Crippen LogP contribution in [0.5, 0.6) is 0 Å². The highest BCUT2D eigenvalue weighted by Gasteiger charge is 2.23. The molecule has 1 fully saturated rings. The molecule has 0 unspecified atom stereocenters. The summed E-state index contributed by atoms with van der Waals surface area (Å²) in [6.07, 6.45) is 1.90. The summed E-state index contributed by atoms with van der Waals surface area (Å²) < 4.78 is 0. The molecule has 0 saturated carbocycles. The van der Waals surface area contributed by atoms with Crippen molar-refractivity contribution in [1.29, 1.82) is 5.26 Å². The van der Waals surface area contributed by atoms with Crippen LogP contribution in [0.25, 0.3) is 0 Å². The molecule has 2 heterocycles. The highest BCUT2D eigenvalue weighted by molar-refractivity contribution is 5.53. The first-order valence-electron chi connectivity index (χ1n) is 4.46. The summed E-state index contributed by atoms with van der Waals surface area (Å²) in [5, 5.41) is 25.8. The van der Waals surface area contributed by atoms with Crippen molar-refractivity contribution < 1.29 is 5.11 Å². The average molecular weight is 190 g/mol. The fourth-order valence-electron chi connectivity index (χ4n) is 1.58. The van der Waals surface area contributed by atoms with Crippen LogP contribution in [0.1, 0.15) is 12.0 Å². The van der Waals surface area contributed by atoms with Crippen LogP contribution in [0.2, 0.25) is 0 Å². The average Bonchev–Trinajstić information content (AvgIpc) is 2.65. The molecule has 14 heavy (non-hydrogen) atoms. The molecule has 5 nitrogen and oxygen atoms in total. The van der Waals surface area contributed by atoms with Crippen LogP contribution in [0, 0.1) is 11.3 Å². The summed E-state index contributed by atoms with van der Waals surface area (Å²) in [6.45, 7) is 1.27. The van der Waals surface area contributed by atoms with Crippen molar-refractivity contribution >= 4 is 5.82 Å². The van der Waals surface area contributed by atoms with E-state index in [1.54, 1.807) is 6.07 Å². The lowest BCUT2D eigenvalue weighted by Crippen LogP contribution is -2.23. The fourth-order valence-corrected chi connectivity index (χ4v) is 1.58. The van der Waals surface area contributed by atoms with Gasteiger partial charge in [-0.15, -0.1) is 5.10 Å². The van der Waals surface area contributed by atoms with E-state index < -0.39 is 0 Å². The van der Waals surface area contributed by atoms with E-state index in [9.17, 15) is 5.11 Å².